The zero-order valence-corrected chi connectivity index (χ0v) is 9.74. The number of rotatable bonds is 3. The van der Waals surface area contributed by atoms with Crippen LogP contribution in [0.4, 0.5) is 0 Å². The Morgan fingerprint density at radius 3 is 2.88 bits per heavy atom. The molecular weight excluding hydrogens is 220 g/mol. The lowest BCUT2D eigenvalue weighted by atomic mass is 10.3. The topological polar surface area (TPSA) is 64.7 Å². The second-order valence-electron chi connectivity index (χ2n) is 3.25. The molecule has 2 aromatic rings. The van der Waals surface area contributed by atoms with Crippen LogP contribution in [0.25, 0.3) is 0 Å². The van der Waals surface area contributed by atoms with Crippen molar-refractivity contribution in [2.45, 2.75) is 23.7 Å². The predicted octanol–water partition coefficient (Wildman–Crippen LogP) is 1.79. The van der Waals surface area contributed by atoms with Crippen molar-refractivity contribution in [3.63, 3.8) is 0 Å². The molecule has 2 aromatic heterocycles. The van der Waals surface area contributed by atoms with Gasteiger partial charge in [0.15, 0.2) is 5.16 Å². The summed E-state index contributed by atoms with van der Waals surface area (Å²) < 4.78 is 0. The van der Waals surface area contributed by atoms with E-state index < -0.39 is 0 Å². The minimum absolute atomic E-state index is 0.474. The fraction of sp³-hybridized carbons (Fsp3) is 0.182. The van der Waals surface area contributed by atoms with E-state index in [2.05, 4.69) is 15.0 Å². The van der Waals surface area contributed by atoms with Crippen LogP contribution in [0.3, 0.4) is 0 Å². The Morgan fingerprint density at radius 1 is 1.25 bits per heavy atom. The Morgan fingerprint density at radius 2 is 2.12 bits per heavy atom. The molecule has 0 aliphatic heterocycles. The van der Waals surface area contributed by atoms with Gasteiger partial charge in [0.2, 0.25) is 0 Å². The lowest BCUT2D eigenvalue weighted by molar-refractivity contribution is 0.914. The molecule has 0 saturated heterocycles. The minimum Gasteiger partial charge on any atom is -0.326 e. The number of pyridine rings is 1. The highest BCUT2D eigenvalue weighted by Crippen LogP contribution is 2.25. The van der Waals surface area contributed by atoms with E-state index in [0.717, 1.165) is 16.3 Å². The molecule has 0 unspecified atom stereocenters. The number of aromatic nitrogens is 3. The van der Waals surface area contributed by atoms with Crippen LogP contribution in [0.1, 0.15) is 11.3 Å². The van der Waals surface area contributed by atoms with Crippen LogP contribution in [0.5, 0.6) is 0 Å². The third kappa shape index (κ3) is 2.56. The monoisotopic (exact) mass is 232 g/mol. The molecule has 0 aliphatic carbocycles. The Bertz CT molecular complexity index is 487. The maximum Gasteiger partial charge on any atom is 0.194 e. The molecule has 0 spiro atoms. The highest BCUT2D eigenvalue weighted by Gasteiger charge is 2.06. The first kappa shape index (κ1) is 11.0. The third-order valence-electron chi connectivity index (χ3n) is 2.03. The molecule has 0 aliphatic rings. The molecule has 0 fully saturated rings. The van der Waals surface area contributed by atoms with Crippen molar-refractivity contribution >= 4 is 11.8 Å². The lowest BCUT2D eigenvalue weighted by Crippen LogP contribution is -2.00. The molecule has 5 heteroatoms. The first-order valence-electron chi connectivity index (χ1n) is 4.91. The number of nitrogens with zero attached hydrogens (tertiary/aromatic N) is 3. The molecule has 0 atom stereocenters. The Balaban J connectivity index is 2.26. The molecule has 2 heterocycles. The van der Waals surface area contributed by atoms with Gasteiger partial charge in [0.1, 0.15) is 5.03 Å². The van der Waals surface area contributed by atoms with Gasteiger partial charge in [-0.3, -0.25) is 0 Å². The summed E-state index contributed by atoms with van der Waals surface area (Å²) in [4.78, 5) is 12.8. The van der Waals surface area contributed by atoms with Gasteiger partial charge < -0.3 is 5.73 Å². The number of hydrogen-bond donors (Lipinski definition) is 1. The summed E-state index contributed by atoms with van der Waals surface area (Å²) in [5.74, 6) is 0. The van der Waals surface area contributed by atoms with Crippen LogP contribution in [0.15, 0.2) is 40.8 Å². The van der Waals surface area contributed by atoms with Crippen molar-refractivity contribution < 1.29 is 0 Å². The number of nitrogens with two attached hydrogens (primary N) is 1. The maximum atomic E-state index is 5.64. The zero-order chi connectivity index (χ0) is 11.4. The first-order chi connectivity index (χ1) is 7.79. The van der Waals surface area contributed by atoms with Crippen molar-refractivity contribution in [3.05, 3.63) is 41.9 Å². The van der Waals surface area contributed by atoms with E-state index in [9.17, 15) is 0 Å². The van der Waals surface area contributed by atoms with Crippen molar-refractivity contribution in [1.29, 1.82) is 0 Å². The van der Waals surface area contributed by atoms with Crippen molar-refractivity contribution in [1.82, 2.24) is 15.0 Å². The highest BCUT2D eigenvalue weighted by molar-refractivity contribution is 7.99. The molecule has 0 saturated carbocycles. The van der Waals surface area contributed by atoms with Crippen LogP contribution in [-0.4, -0.2) is 15.0 Å². The third-order valence-corrected chi connectivity index (χ3v) is 2.97. The van der Waals surface area contributed by atoms with Gasteiger partial charge in [0, 0.05) is 24.6 Å². The molecule has 16 heavy (non-hydrogen) atoms. The summed E-state index contributed by atoms with van der Waals surface area (Å²) in [6, 6.07) is 5.71. The predicted molar refractivity (Wildman–Crippen MR) is 63.0 cm³/mol. The standard InChI is InChI=1S/C11H12N4S/c1-8-4-6-14-11(15-8)16-10-9(7-12)3-2-5-13-10/h2-6H,7,12H2,1H3. The second-order valence-corrected chi connectivity index (χ2v) is 4.21. The van der Waals surface area contributed by atoms with E-state index in [0.29, 0.717) is 11.7 Å². The second kappa shape index (κ2) is 5.05. The van der Waals surface area contributed by atoms with Gasteiger partial charge in [-0.15, -0.1) is 0 Å². The SMILES string of the molecule is Cc1ccnc(Sc2ncccc2CN)n1. The van der Waals surface area contributed by atoms with E-state index in [1.165, 1.54) is 11.8 Å². The van der Waals surface area contributed by atoms with E-state index in [-0.39, 0.29) is 0 Å². The maximum absolute atomic E-state index is 5.64. The zero-order valence-electron chi connectivity index (χ0n) is 8.92. The highest BCUT2D eigenvalue weighted by atomic mass is 32.2. The van der Waals surface area contributed by atoms with Crippen LogP contribution in [0.2, 0.25) is 0 Å². The van der Waals surface area contributed by atoms with Crippen molar-refractivity contribution in [2.24, 2.45) is 5.73 Å². The Kier molecular flexibility index (Phi) is 3.48. The lowest BCUT2D eigenvalue weighted by Gasteiger charge is -2.04. The van der Waals surface area contributed by atoms with Crippen LogP contribution in [-0.2, 0) is 6.54 Å². The molecule has 82 valence electrons. The van der Waals surface area contributed by atoms with Crippen LogP contribution >= 0.6 is 11.8 Å². The molecule has 2 rings (SSSR count). The average molecular weight is 232 g/mol. The summed E-state index contributed by atoms with van der Waals surface area (Å²) in [5, 5.41) is 1.57. The van der Waals surface area contributed by atoms with Gasteiger partial charge in [0.25, 0.3) is 0 Å². The fourth-order valence-electron chi connectivity index (χ4n) is 1.23. The quantitative estimate of drug-likeness (QED) is 0.817. The number of hydrogen-bond acceptors (Lipinski definition) is 5. The normalized spacial score (nSPS) is 10.4. The van der Waals surface area contributed by atoms with Gasteiger partial charge in [-0.2, -0.15) is 0 Å². The number of aryl methyl sites for hydroxylation is 1. The molecule has 0 amide bonds. The first-order valence-corrected chi connectivity index (χ1v) is 5.72. The average Bonchev–Trinajstić information content (AvgIpc) is 2.30. The van der Waals surface area contributed by atoms with E-state index >= 15 is 0 Å². The molecule has 0 aromatic carbocycles. The minimum atomic E-state index is 0.474. The molecular formula is C11H12N4S. The van der Waals surface area contributed by atoms with Crippen molar-refractivity contribution in [3.8, 4) is 0 Å². The van der Waals surface area contributed by atoms with Gasteiger partial charge >= 0.3 is 0 Å². The summed E-state index contributed by atoms with van der Waals surface area (Å²) in [6.45, 7) is 2.41. The Labute approximate surface area is 98.3 Å². The van der Waals surface area contributed by atoms with Crippen molar-refractivity contribution in [2.75, 3.05) is 0 Å². The largest absolute Gasteiger partial charge is 0.326 e. The van der Waals surface area contributed by atoms with Crippen LogP contribution in [0, 0.1) is 6.92 Å². The molecule has 0 bridgehead atoms. The smallest absolute Gasteiger partial charge is 0.194 e. The van der Waals surface area contributed by atoms with Gasteiger partial charge in [0.05, 0.1) is 0 Å². The summed E-state index contributed by atoms with van der Waals surface area (Å²) in [7, 11) is 0. The molecule has 0 radical (unpaired) electrons. The Hall–Kier alpha value is -1.46. The fourth-order valence-corrected chi connectivity index (χ4v) is 2.11. The molecule has 2 N–H and O–H groups in total. The van der Waals surface area contributed by atoms with Crippen LogP contribution < -0.4 is 5.73 Å². The van der Waals surface area contributed by atoms with E-state index in [1.807, 2.05) is 25.1 Å². The van der Waals surface area contributed by atoms with E-state index in [1.54, 1.807) is 12.4 Å². The summed E-state index contributed by atoms with van der Waals surface area (Å²) in [6.07, 6.45) is 3.49. The van der Waals surface area contributed by atoms with Gasteiger partial charge in [-0.05, 0) is 36.4 Å². The van der Waals surface area contributed by atoms with E-state index in [4.69, 9.17) is 5.73 Å². The summed E-state index contributed by atoms with van der Waals surface area (Å²) in [5.41, 5.74) is 7.60. The van der Waals surface area contributed by atoms with Gasteiger partial charge in [-0.25, -0.2) is 15.0 Å². The molecule has 4 nitrogen and oxygen atoms in total. The van der Waals surface area contributed by atoms with Gasteiger partial charge in [-0.1, -0.05) is 6.07 Å². The summed E-state index contributed by atoms with van der Waals surface area (Å²) >= 11 is 1.44.